The summed E-state index contributed by atoms with van der Waals surface area (Å²) in [5, 5.41) is 17.5. The number of ether oxygens (including phenoxy) is 6. The fourth-order valence-electron chi connectivity index (χ4n) is 4.55. The molecule has 0 radical (unpaired) electrons. The first-order valence-corrected chi connectivity index (χ1v) is 17.8. The van der Waals surface area contributed by atoms with E-state index >= 15 is 0 Å². The Bertz CT molecular complexity index is 1510. The van der Waals surface area contributed by atoms with E-state index < -0.39 is 35.8 Å². The molecule has 0 bridgehead atoms. The summed E-state index contributed by atoms with van der Waals surface area (Å²) >= 11 is 0. The van der Waals surface area contributed by atoms with Crippen molar-refractivity contribution in [2.24, 2.45) is 0 Å². The van der Waals surface area contributed by atoms with Crippen molar-refractivity contribution in [2.75, 3.05) is 52.9 Å². The number of hydrogen-bond donors (Lipinski definition) is 2. The lowest BCUT2D eigenvalue weighted by atomic mass is 10.1. The maximum Gasteiger partial charge on any atom is 0.338 e. The van der Waals surface area contributed by atoms with Gasteiger partial charge in [0.05, 0.1) is 73.0 Å². The molecule has 0 saturated heterocycles. The first-order valence-electron chi connectivity index (χ1n) is 17.8. The molecule has 290 valence electrons. The molecule has 0 amide bonds. The Morgan fingerprint density at radius 3 is 0.593 bits per heavy atom. The van der Waals surface area contributed by atoms with Gasteiger partial charge in [-0.2, -0.15) is 0 Å². The minimum absolute atomic E-state index is 0.0309. The zero-order valence-electron chi connectivity index (χ0n) is 30.0. The first kappa shape index (κ1) is 42.8. The first-order chi connectivity index (χ1) is 26.2. The van der Waals surface area contributed by atoms with Crippen LogP contribution in [0.3, 0.4) is 0 Å². The van der Waals surface area contributed by atoms with Gasteiger partial charge in [0.25, 0.3) is 0 Å². The molecule has 0 saturated carbocycles. The molecule has 3 aromatic carbocycles. The fraction of sp³-hybridized carbons (Fsp3) is 0.400. The van der Waals surface area contributed by atoms with E-state index in [0.29, 0.717) is 62.5 Å². The number of benzene rings is 3. The van der Waals surface area contributed by atoms with Crippen LogP contribution in [0.2, 0.25) is 0 Å². The van der Waals surface area contributed by atoms with E-state index in [4.69, 9.17) is 38.6 Å². The smallest absolute Gasteiger partial charge is 0.338 e. The van der Waals surface area contributed by atoms with Crippen molar-refractivity contribution in [1.29, 1.82) is 0 Å². The van der Waals surface area contributed by atoms with Crippen molar-refractivity contribution in [2.45, 2.75) is 51.4 Å². The topological polar surface area (TPSA) is 198 Å². The lowest BCUT2D eigenvalue weighted by molar-refractivity contribution is 0.0429. The van der Waals surface area contributed by atoms with Crippen LogP contribution in [0, 0.1) is 0 Å². The van der Waals surface area contributed by atoms with Crippen LogP contribution in [-0.4, -0.2) is 98.9 Å². The van der Waals surface area contributed by atoms with E-state index in [-0.39, 0.29) is 75.1 Å². The van der Waals surface area contributed by atoms with Crippen molar-refractivity contribution < 1.29 is 67.4 Å². The molecule has 54 heavy (non-hydrogen) atoms. The third kappa shape index (κ3) is 15.6. The molecule has 2 N–H and O–H groups in total. The minimum Gasteiger partial charge on any atom is -0.462 e. The average molecular weight is 751 g/mol. The summed E-state index contributed by atoms with van der Waals surface area (Å²) in [6, 6.07) is 17.6. The largest absolute Gasteiger partial charge is 0.462 e. The van der Waals surface area contributed by atoms with Crippen molar-refractivity contribution in [1.82, 2.24) is 0 Å². The van der Waals surface area contributed by atoms with Crippen molar-refractivity contribution in [3.8, 4) is 0 Å². The lowest BCUT2D eigenvalue weighted by Crippen LogP contribution is -2.11. The second-order valence-electron chi connectivity index (χ2n) is 11.8. The normalized spacial score (nSPS) is 10.6. The van der Waals surface area contributed by atoms with Crippen LogP contribution >= 0.6 is 0 Å². The summed E-state index contributed by atoms with van der Waals surface area (Å²) < 4.78 is 31.2. The highest BCUT2D eigenvalue weighted by molar-refractivity contribution is 5.95. The SMILES string of the molecule is O=C(OCCCCO)c1ccc(C(=O)OCCCCOC(=O)c2ccc(C(=O)OCCCCOC(=O)c3ccc(C(=O)OCCCCO)cc3)cc2)cc1. The Balaban J connectivity index is 1.24. The van der Waals surface area contributed by atoms with E-state index in [0.717, 1.165) is 0 Å². The van der Waals surface area contributed by atoms with Gasteiger partial charge in [0.15, 0.2) is 0 Å². The molecule has 0 fully saturated rings. The molecular weight excluding hydrogens is 704 g/mol. The van der Waals surface area contributed by atoms with Crippen LogP contribution in [0.5, 0.6) is 0 Å². The highest BCUT2D eigenvalue weighted by atomic mass is 16.6. The highest BCUT2D eigenvalue weighted by Gasteiger charge is 2.14. The molecule has 0 heterocycles. The van der Waals surface area contributed by atoms with Gasteiger partial charge in [0, 0.05) is 13.2 Å². The molecular formula is C40H46O14. The summed E-state index contributed by atoms with van der Waals surface area (Å²) in [4.78, 5) is 73.4. The molecule has 14 heteroatoms. The summed E-state index contributed by atoms with van der Waals surface area (Å²) in [6.45, 7) is 0.874. The molecule has 0 aliphatic carbocycles. The minimum atomic E-state index is -0.572. The molecule has 3 rings (SSSR count). The molecule has 0 atom stereocenters. The van der Waals surface area contributed by atoms with Gasteiger partial charge in [-0.05, 0) is 124 Å². The van der Waals surface area contributed by atoms with Crippen LogP contribution in [0.1, 0.15) is 114 Å². The van der Waals surface area contributed by atoms with E-state index in [9.17, 15) is 28.8 Å². The monoisotopic (exact) mass is 750 g/mol. The van der Waals surface area contributed by atoms with Gasteiger partial charge in [-0.1, -0.05) is 0 Å². The van der Waals surface area contributed by atoms with Crippen molar-refractivity contribution >= 4 is 35.8 Å². The Kier molecular flexibility index (Phi) is 19.5. The third-order valence-electron chi connectivity index (χ3n) is 7.65. The Morgan fingerprint density at radius 1 is 0.296 bits per heavy atom. The predicted molar refractivity (Wildman–Crippen MR) is 192 cm³/mol. The number of hydrogen-bond acceptors (Lipinski definition) is 14. The second-order valence-corrected chi connectivity index (χ2v) is 11.8. The number of esters is 6. The van der Waals surface area contributed by atoms with Gasteiger partial charge in [-0.3, -0.25) is 0 Å². The third-order valence-corrected chi connectivity index (χ3v) is 7.65. The quantitative estimate of drug-likeness (QED) is 0.0694. The number of carbonyl (C=O) groups excluding carboxylic acids is 6. The number of carbonyl (C=O) groups is 6. The van der Waals surface area contributed by atoms with Crippen molar-refractivity contribution in [3.05, 3.63) is 106 Å². The number of rotatable bonds is 24. The van der Waals surface area contributed by atoms with E-state index in [1.165, 1.54) is 72.8 Å². The fourth-order valence-corrected chi connectivity index (χ4v) is 4.55. The van der Waals surface area contributed by atoms with Crippen molar-refractivity contribution in [3.63, 3.8) is 0 Å². The van der Waals surface area contributed by atoms with Gasteiger partial charge in [0.2, 0.25) is 0 Å². The standard InChI is InChI=1S/C40H46O14/c41-21-1-3-23-49-35(43)29-9-13-31(14-10-29)37(45)51-25-5-7-27-53-39(47)33-17-19-34(20-18-33)40(48)54-28-8-6-26-52-38(46)32-15-11-30(12-16-32)36(44)50-24-4-2-22-42/h9-20,41-42H,1-8,21-28H2. The summed E-state index contributed by atoms with van der Waals surface area (Å²) in [6.07, 6.45) is 4.00. The molecule has 0 aromatic heterocycles. The van der Waals surface area contributed by atoms with E-state index in [1.54, 1.807) is 0 Å². The lowest BCUT2D eigenvalue weighted by Gasteiger charge is -2.08. The predicted octanol–water partition coefficient (Wildman–Crippen LogP) is 5.13. The Labute approximate surface area is 313 Å². The Morgan fingerprint density at radius 2 is 0.444 bits per heavy atom. The zero-order valence-corrected chi connectivity index (χ0v) is 30.0. The molecule has 0 aliphatic rings. The highest BCUT2D eigenvalue weighted by Crippen LogP contribution is 2.12. The Hall–Kier alpha value is -5.60. The van der Waals surface area contributed by atoms with Gasteiger partial charge in [-0.25, -0.2) is 28.8 Å². The summed E-state index contributed by atoms with van der Waals surface area (Å²) in [5.41, 5.74) is 1.65. The van der Waals surface area contributed by atoms with Crippen LogP contribution in [0.4, 0.5) is 0 Å². The van der Waals surface area contributed by atoms with Crippen LogP contribution in [0.15, 0.2) is 72.8 Å². The maximum atomic E-state index is 12.4. The number of unbranched alkanes of at least 4 members (excludes halogenated alkanes) is 4. The molecule has 0 unspecified atom stereocenters. The summed E-state index contributed by atoms with van der Waals surface area (Å²) in [7, 11) is 0. The van der Waals surface area contributed by atoms with Gasteiger partial charge < -0.3 is 38.6 Å². The average Bonchev–Trinajstić information content (AvgIpc) is 3.20. The number of aliphatic hydroxyl groups excluding tert-OH is 2. The molecule has 3 aromatic rings. The molecule has 0 spiro atoms. The molecule has 0 aliphatic heterocycles. The van der Waals surface area contributed by atoms with E-state index in [2.05, 4.69) is 0 Å². The second kappa shape index (κ2) is 24.6. The van der Waals surface area contributed by atoms with Gasteiger partial charge in [-0.15, -0.1) is 0 Å². The van der Waals surface area contributed by atoms with Crippen LogP contribution in [0.25, 0.3) is 0 Å². The number of aliphatic hydroxyl groups is 2. The zero-order chi connectivity index (χ0) is 39.0. The van der Waals surface area contributed by atoms with Gasteiger partial charge in [0.1, 0.15) is 0 Å². The van der Waals surface area contributed by atoms with Crippen LogP contribution in [-0.2, 0) is 28.4 Å². The van der Waals surface area contributed by atoms with Crippen LogP contribution < -0.4 is 0 Å². The molecule has 14 nitrogen and oxygen atoms in total. The van der Waals surface area contributed by atoms with E-state index in [1.807, 2.05) is 0 Å². The maximum absolute atomic E-state index is 12.4. The summed E-state index contributed by atoms with van der Waals surface area (Å²) in [5.74, 6) is -3.28. The van der Waals surface area contributed by atoms with Gasteiger partial charge >= 0.3 is 35.8 Å².